The highest BCUT2D eigenvalue weighted by Crippen LogP contribution is 2.12. The minimum atomic E-state index is 0.452. The van der Waals surface area contributed by atoms with Crippen molar-refractivity contribution in [2.45, 2.75) is 13.5 Å². The average molecular weight is 199 g/mol. The van der Waals surface area contributed by atoms with Crippen molar-refractivity contribution in [1.82, 2.24) is 9.78 Å². The van der Waals surface area contributed by atoms with Gasteiger partial charge in [0.1, 0.15) is 13.2 Å². The Bertz CT molecular complexity index is 335. The van der Waals surface area contributed by atoms with E-state index in [0.29, 0.717) is 18.2 Å². The van der Waals surface area contributed by atoms with E-state index in [1.54, 1.807) is 18.0 Å². The summed E-state index contributed by atoms with van der Waals surface area (Å²) in [4.78, 5) is 0. The van der Waals surface area contributed by atoms with Gasteiger partial charge in [0.25, 0.3) is 0 Å². The molecule has 0 bridgehead atoms. The molecule has 1 heterocycles. The Kier molecular flexibility index (Phi) is 3.81. The molecule has 1 rings (SSSR count). The van der Waals surface area contributed by atoms with Crippen LogP contribution < -0.4 is 0 Å². The van der Waals surface area contributed by atoms with Crippen LogP contribution in [0.15, 0.2) is 6.20 Å². The molecule has 0 fully saturated rings. The maximum atomic E-state index is 5.81. The Hall–Kier alpha value is -0.980. The molecule has 4 heteroatoms. The largest absolute Gasteiger partial charge is 0.372 e. The van der Waals surface area contributed by atoms with Gasteiger partial charge in [-0.1, -0.05) is 23.4 Å². The third-order valence-corrected chi connectivity index (χ3v) is 1.98. The molecule has 1 aromatic heterocycles. The van der Waals surface area contributed by atoms with E-state index in [2.05, 4.69) is 16.9 Å². The van der Waals surface area contributed by atoms with Gasteiger partial charge in [0.15, 0.2) is 0 Å². The zero-order valence-electron chi connectivity index (χ0n) is 7.67. The molecule has 0 amide bonds. The average Bonchev–Trinajstić information content (AvgIpc) is 2.43. The smallest absolute Gasteiger partial charge is 0.107 e. The summed E-state index contributed by atoms with van der Waals surface area (Å²) in [5.41, 5.74) is 0.938. The van der Waals surface area contributed by atoms with Crippen LogP contribution in [0, 0.1) is 18.8 Å². The second-order valence-corrected chi connectivity index (χ2v) is 2.93. The summed E-state index contributed by atoms with van der Waals surface area (Å²) in [7, 11) is 1.62. The van der Waals surface area contributed by atoms with Gasteiger partial charge in [-0.25, -0.2) is 0 Å². The van der Waals surface area contributed by atoms with Crippen molar-refractivity contribution in [3.05, 3.63) is 16.9 Å². The Morgan fingerprint density at radius 1 is 1.62 bits per heavy atom. The molecule has 0 radical (unpaired) electrons. The van der Waals surface area contributed by atoms with Crippen LogP contribution in [-0.2, 0) is 11.3 Å². The van der Waals surface area contributed by atoms with E-state index in [9.17, 15) is 0 Å². The van der Waals surface area contributed by atoms with E-state index in [0.717, 1.165) is 5.69 Å². The number of nitrogens with zero attached hydrogens (tertiary/aromatic N) is 2. The molecule has 0 N–H and O–H groups in total. The van der Waals surface area contributed by atoms with Crippen LogP contribution in [0.4, 0.5) is 0 Å². The fraction of sp³-hybridized carbons (Fsp3) is 0.444. The molecular formula is C9H11ClN2O. The van der Waals surface area contributed by atoms with E-state index in [1.807, 2.05) is 6.92 Å². The van der Waals surface area contributed by atoms with Gasteiger partial charge >= 0.3 is 0 Å². The summed E-state index contributed by atoms with van der Waals surface area (Å²) in [6.45, 7) is 2.92. The maximum absolute atomic E-state index is 5.81. The molecule has 0 saturated heterocycles. The molecule has 3 nitrogen and oxygen atoms in total. The van der Waals surface area contributed by atoms with Crippen LogP contribution >= 0.6 is 11.6 Å². The Morgan fingerprint density at radius 3 is 2.92 bits per heavy atom. The number of ether oxygens (including phenoxy) is 1. The lowest BCUT2D eigenvalue weighted by Gasteiger charge is -1.96. The molecule has 0 aliphatic carbocycles. The number of rotatable bonds is 2. The first-order chi connectivity index (χ1) is 6.25. The van der Waals surface area contributed by atoms with Crippen molar-refractivity contribution in [2.24, 2.45) is 0 Å². The van der Waals surface area contributed by atoms with Crippen molar-refractivity contribution in [3.8, 4) is 11.8 Å². The van der Waals surface area contributed by atoms with Crippen LogP contribution in [0.25, 0.3) is 0 Å². The van der Waals surface area contributed by atoms with E-state index >= 15 is 0 Å². The predicted molar refractivity (Wildman–Crippen MR) is 51.6 cm³/mol. The topological polar surface area (TPSA) is 27.1 Å². The van der Waals surface area contributed by atoms with E-state index in [1.165, 1.54) is 0 Å². The highest BCUT2D eigenvalue weighted by molar-refractivity contribution is 6.31. The Balaban J connectivity index is 2.56. The fourth-order valence-electron chi connectivity index (χ4n) is 0.837. The highest BCUT2D eigenvalue weighted by atomic mass is 35.5. The zero-order chi connectivity index (χ0) is 9.68. The van der Waals surface area contributed by atoms with Crippen LogP contribution in [0.2, 0.25) is 5.02 Å². The number of hydrogen-bond donors (Lipinski definition) is 0. The molecule has 0 unspecified atom stereocenters. The van der Waals surface area contributed by atoms with Crippen molar-refractivity contribution < 1.29 is 4.74 Å². The molecule has 0 aliphatic rings. The summed E-state index contributed by atoms with van der Waals surface area (Å²) in [6.07, 6.45) is 1.62. The summed E-state index contributed by atoms with van der Waals surface area (Å²) in [5, 5.41) is 4.73. The lowest BCUT2D eigenvalue weighted by molar-refractivity contribution is 0.239. The molecule has 0 saturated carbocycles. The minimum absolute atomic E-state index is 0.452. The van der Waals surface area contributed by atoms with Gasteiger partial charge in [-0.05, 0) is 6.92 Å². The number of hydrogen-bond acceptors (Lipinski definition) is 2. The van der Waals surface area contributed by atoms with Crippen LogP contribution in [0.5, 0.6) is 0 Å². The molecule has 0 aliphatic heterocycles. The molecule has 1 aromatic rings. The van der Waals surface area contributed by atoms with Crippen LogP contribution in [0.1, 0.15) is 5.69 Å². The monoisotopic (exact) mass is 198 g/mol. The molecule has 0 atom stereocenters. The van der Waals surface area contributed by atoms with Crippen molar-refractivity contribution in [1.29, 1.82) is 0 Å². The summed E-state index contributed by atoms with van der Waals surface area (Å²) in [6, 6.07) is 0. The van der Waals surface area contributed by atoms with E-state index in [-0.39, 0.29) is 0 Å². The van der Waals surface area contributed by atoms with Crippen LogP contribution in [-0.4, -0.2) is 23.5 Å². The molecule has 0 aromatic carbocycles. The van der Waals surface area contributed by atoms with E-state index in [4.69, 9.17) is 16.3 Å². The highest BCUT2D eigenvalue weighted by Gasteiger charge is 2.00. The van der Waals surface area contributed by atoms with Gasteiger partial charge in [0.2, 0.25) is 0 Å². The predicted octanol–water partition coefficient (Wildman–Crippen LogP) is 1.49. The van der Waals surface area contributed by atoms with Gasteiger partial charge in [-0.15, -0.1) is 0 Å². The second-order valence-electron chi connectivity index (χ2n) is 2.52. The molecular weight excluding hydrogens is 188 g/mol. The van der Waals surface area contributed by atoms with Gasteiger partial charge < -0.3 is 4.74 Å². The third-order valence-electron chi connectivity index (χ3n) is 1.61. The van der Waals surface area contributed by atoms with Gasteiger partial charge in [0, 0.05) is 7.11 Å². The Morgan fingerprint density at radius 2 is 2.38 bits per heavy atom. The normalized spacial score (nSPS) is 9.46. The Labute approximate surface area is 82.6 Å². The van der Waals surface area contributed by atoms with Crippen LogP contribution in [0.3, 0.4) is 0 Å². The van der Waals surface area contributed by atoms with Gasteiger partial charge in [-0.2, -0.15) is 5.10 Å². The van der Waals surface area contributed by atoms with Gasteiger partial charge in [-0.3, -0.25) is 4.68 Å². The SMILES string of the molecule is COCC#CCn1ncc(Cl)c1C. The number of aromatic nitrogens is 2. The first-order valence-electron chi connectivity index (χ1n) is 3.88. The minimum Gasteiger partial charge on any atom is -0.372 e. The lowest BCUT2D eigenvalue weighted by atomic mass is 10.4. The summed E-state index contributed by atoms with van der Waals surface area (Å²) < 4.78 is 6.54. The van der Waals surface area contributed by atoms with Gasteiger partial charge in [0.05, 0.1) is 16.9 Å². The van der Waals surface area contributed by atoms with E-state index < -0.39 is 0 Å². The standard InChI is InChI=1S/C9H11ClN2O/c1-8-9(10)7-11-12(8)5-3-4-6-13-2/h7H,5-6H2,1-2H3. The summed E-state index contributed by atoms with van der Waals surface area (Å²) in [5.74, 6) is 5.77. The third kappa shape index (κ3) is 2.76. The maximum Gasteiger partial charge on any atom is 0.107 e. The van der Waals surface area contributed by atoms with Crippen molar-refractivity contribution in [2.75, 3.05) is 13.7 Å². The second kappa shape index (κ2) is 4.90. The first-order valence-corrected chi connectivity index (χ1v) is 4.26. The summed E-state index contributed by atoms with van der Waals surface area (Å²) >= 11 is 5.81. The number of halogens is 1. The van der Waals surface area contributed by atoms with Crippen molar-refractivity contribution >= 4 is 11.6 Å². The van der Waals surface area contributed by atoms with Crippen molar-refractivity contribution in [3.63, 3.8) is 0 Å². The lowest BCUT2D eigenvalue weighted by Crippen LogP contribution is -2.00. The quantitative estimate of drug-likeness (QED) is 0.674. The number of methoxy groups -OCH3 is 1. The zero-order valence-corrected chi connectivity index (χ0v) is 8.43. The molecule has 0 spiro atoms. The first kappa shape index (κ1) is 10.1. The molecule has 13 heavy (non-hydrogen) atoms. The fourth-order valence-corrected chi connectivity index (χ4v) is 0.978. The molecule has 70 valence electrons.